The monoisotopic (exact) mass is 280 g/mol. The standard InChI is InChI=1S/C15H24N2O3/c1-6-15(3,4)17-14(18)10(2)20-13-8-7-11(19-5)9-12(13)16/h7-10H,6,16H2,1-5H3,(H,17,18). The number of benzene rings is 1. The van der Waals surface area contributed by atoms with Crippen molar-refractivity contribution in [3.63, 3.8) is 0 Å². The van der Waals surface area contributed by atoms with E-state index in [1.165, 1.54) is 0 Å². The van der Waals surface area contributed by atoms with Crippen molar-refractivity contribution in [1.29, 1.82) is 0 Å². The van der Waals surface area contributed by atoms with Crippen LogP contribution in [0.2, 0.25) is 0 Å². The Morgan fingerprint density at radius 2 is 2.10 bits per heavy atom. The van der Waals surface area contributed by atoms with Crippen LogP contribution in [-0.4, -0.2) is 24.7 Å². The molecular formula is C15H24N2O3. The molecule has 1 unspecified atom stereocenters. The summed E-state index contributed by atoms with van der Waals surface area (Å²) in [6.07, 6.45) is 0.229. The van der Waals surface area contributed by atoms with Crippen LogP contribution in [0.4, 0.5) is 5.69 Å². The van der Waals surface area contributed by atoms with Crippen LogP contribution in [0.3, 0.4) is 0 Å². The molecule has 0 saturated heterocycles. The lowest BCUT2D eigenvalue weighted by Gasteiger charge is -2.26. The normalized spacial score (nSPS) is 12.7. The molecule has 0 radical (unpaired) electrons. The summed E-state index contributed by atoms with van der Waals surface area (Å²) in [7, 11) is 1.57. The highest BCUT2D eigenvalue weighted by Gasteiger charge is 2.23. The Kier molecular flexibility index (Phi) is 5.25. The van der Waals surface area contributed by atoms with E-state index < -0.39 is 6.10 Å². The highest BCUT2D eigenvalue weighted by Crippen LogP contribution is 2.27. The molecule has 0 spiro atoms. The average molecular weight is 280 g/mol. The second-order valence-electron chi connectivity index (χ2n) is 5.39. The van der Waals surface area contributed by atoms with Gasteiger partial charge in [0, 0.05) is 11.6 Å². The second kappa shape index (κ2) is 6.50. The van der Waals surface area contributed by atoms with E-state index in [4.69, 9.17) is 15.2 Å². The predicted molar refractivity (Wildman–Crippen MR) is 80.0 cm³/mol. The van der Waals surface area contributed by atoms with Crippen molar-refractivity contribution >= 4 is 11.6 Å². The van der Waals surface area contributed by atoms with Crippen LogP contribution < -0.4 is 20.5 Å². The summed E-state index contributed by atoms with van der Waals surface area (Å²) < 4.78 is 10.7. The van der Waals surface area contributed by atoms with Crippen LogP contribution in [0.5, 0.6) is 11.5 Å². The molecule has 0 bridgehead atoms. The number of hydrogen-bond donors (Lipinski definition) is 2. The van der Waals surface area contributed by atoms with Crippen molar-refractivity contribution in [3.05, 3.63) is 18.2 Å². The van der Waals surface area contributed by atoms with Gasteiger partial charge in [0.25, 0.3) is 5.91 Å². The molecule has 0 aliphatic rings. The second-order valence-corrected chi connectivity index (χ2v) is 5.39. The van der Waals surface area contributed by atoms with Crippen LogP contribution in [0, 0.1) is 0 Å². The van der Waals surface area contributed by atoms with Crippen LogP contribution in [0.1, 0.15) is 34.1 Å². The topological polar surface area (TPSA) is 73.6 Å². The van der Waals surface area contributed by atoms with Gasteiger partial charge in [-0.1, -0.05) is 6.92 Å². The van der Waals surface area contributed by atoms with Gasteiger partial charge in [-0.15, -0.1) is 0 Å². The first kappa shape index (κ1) is 16.1. The third kappa shape index (κ3) is 4.33. The van der Waals surface area contributed by atoms with Crippen molar-refractivity contribution in [2.24, 2.45) is 0 Å². The molecule has 0 aromatic heterocycles. The molecule has 5 nitrogen and oxygen atoms in total. The van der Waals surface area contributed by atoms with E-state index in [0.29, 0.717) is 17.2 Å². The average Bonchev–Trinajstić information content (AvgIpc) is 2.40. The zero-order valence-corrected chi connectivity index (χ0v) is 12.8. The number of amides is 1. The Balaban J connectivity index is 2.71. The van der Waals surface area contributed by atoms with Crippen molar-refractivity contribution < 1.29 is 14.3 Å². The van der Waals surface area contributed by atoms with Gasteiger partial charge in [0.05, 0.1) is 12.8 Å². The maximum atomic E-state index is 12.1. The molecule has 1 aromatic carbocycles. The van der Waals surface area contributed by atoms with Crippen LogP contribution >= 0.6 is 0 Å². The van der Waals surface area contributed by atoms with Gasteiger partial charge in [-0.05, 0) is 39.3 Å². The van der Waals surface area contributed by atoms with Gasteiger partial charge in [-0.2, -0.15) is 0 Å². The molecule has 3 N–H and O–H groups in total. The van der Waals surface area contributed by atoms with E-state index in [9.17, 15) is 4.79 Å². The molecule has 0 fully saturated rings. The van der Waals surface area contributed by atoms with E-state index in [2.05, 4.69) is 5.32 Å². The molecule has 1 atom stereocenters. The highest BCUT2D eigenvalue weighted by atomic mass is 16.5. The summed E-state index contributed by atoms with van der Waals surface area (Å²) in [6.45, 7) is 7.66. The fraction of sp³-hybridized carbons (Fsp3) is 0.533. The van der Waals surface area contributed by atoms with Gasteiger partial charge in [-0.3, -0.25) is 4.79 Å². The van der Waals surface area contributed by atoms with Crippen molar-refractivity contribution in [2.45, 2.75) is 45.8 Å². The molecule has 1 amide bonds. The molecule has 0 heterocycles. The van der Waals surface area contributed by atoms with E-state index in [1.54, 1.807) is 32.2 Å². The van der Waals surface area contributed by atoms with Gasteiger partial charge in [0.2, 0.25) is 0 Å². The maximum Gasteiger partial charge on any atom is 0.261 e. The number of nitrogens with two attached hydrogens (primary N) is 1. The molecule has 0 saturated carbocycles. The molecule has 0 aliphatic heterocycles. The molecule has 0 aliphatic carbocycles. The number of rotatable bonds is 6. The summed E-state index contributed by atoms with van der Waals surface area (Å²) in [5.41, 5.74) is 6.06. The number of methoxy groups -OCH3 is 1. The predicted octanol–water partition coefficient (Wildman–Crippen LogP) is 2.35. The van der Waals surface area contributed by atoms with E-state index in [-0.39, 0.29) is 11.4 Å². The number of nitrogen functional groups attached to an aromatic ring is 1. The number of hydrogen-bond acceptors (Lipinski definition) is 4. The minimum absolute atomic E-state index is 0.160. The molecule has 1 rings (SSSR count). The van der Waals surface area contributed by atoms with Gasteiger partial charge in [0.15, 0.2) is 6.10 Å². The smallest absolute Gasteiger partial charge is 0.261 e. The zero-order chi connectivity index (χ0) is 15.3. The first-order chi connectivity index (χ1) is 9.29. The summed E-state index contributed by atoms with van der Waals surface area (Å²) in [5.74, 6) is 0.967. The largest absolute Gasteiger partial charge is 0.497 e. The summed E-state index contributed by atoms with van der Waals surface area (Å²) in [5, 5.41) is 2.94. The maximum absolute atomic E-state index is 12.1. The Hall–Kier alpha value is -1.91. The van der Waals surface area contributed by atoms with Gasteiger partial charge < -0.3 is 20.5 Å². The first-order valence-electron chi connectivity index (χ1n) is 6.71. The number of ether oxygens (including phenoxy) is 2. The first-order valence-corrected chi connectivity index (χ1v) is 6.71. The summed E-state index contributed by atoms with van der Waals surface area (Å²) in [6, 6.07) is 5.10. The van der Waals surface area contributed by atoms with Crippen LogP contribution in [0.15, 0.2) is 18.2 Å². The van der Waals surface area contributed by atoms with Gasteiger partial charge >= 0.3 is 0 Å². The molecule has 1 aromatic rings. The lowest BCUT2D eigenvalue weighted by Crippen LogP contribution is -2.48. The van der Waals surface area contributed by atoms with Crippen LogP contribution in [0.25, 0.3) is 0 Å². The Bertz CT molecular complexity index is 472. The lowest BCUT2D eigenvalue weighted by atomic mass is 10.0. The SMILES string of the molecule is CCC(C)(C)NC(=O)C(C)Oc1ccc(OC)cc1N. The van der Waals surface area contributed by atoms with Crippen molar-refractivity contribution in [1.82, 2.24) is 5.32 Å². The number of carbonyl (C=O) groups excluding carboxylic acids is 1. The molecular weight excluding hydrogens is 256 g/mol. The Morgan fingerprint density at radius 1 is 1.45 bits per heavy atom. The minimum atomic E-state index is -0.614. The summed E-state index contributed by atoms with van der Waals surface area (Å²) >= 11 is 0. The zero-order valence-electron chi connectivity index (χ0n) is 12.8. The van der Waals surface area contributed by atoms with E-state index in [0.717, 1.165) is 6.42 Å². The number of anilines is 1. The van der Waals surface area contributed by atoms with Crippen LogP contribution in [-0.2, 0) is 4.79 Å². The van der Waals surface area contributed by atoms with Gasteiger partial charge in [0.1, 0.15) is 11.5 Å². The molecule has 112 valence electrons. The van der Waals surface area contributed by atoms with Gasteiger partial charge in [-0.25, -0.2) is 0 Å². The summed E-state index contributed by atoms with van der Waals surface area (Å²) in [4.78, 5) is 12.1. The highest BCUT2D eigenvalue weighted by molar-refractivity contribution is 5.81. The number of carbonyl (C=O) groups is 1. The number of nitrogens with one attached hydrogen (secondary N) is 1. The lowest BCUT2D eigenvalue weighted by molar-refractivity contribution is -0.128. The van der Waals surface area contributed by atoms with E-state index >= 15 is 0 Å². The third-order valence-electron chi connectivity index (χ3n) is 3.24. The van der Waals surface area contributed by atoms with E-state index in [1.807, 2.05) is 20.8 Å². The van der Waals surface area contributed by atoms with Crippen molar-refractivity contribution in [2.75, 3.05) is 12.8 Å². The Labute approximate surface area is 120 Å². The fourth-order valence-electron chi connectivity index (χ4n) is 1.53. The minimum Gasteiger partial charge on any atom is -0.497 e. The Morgan fingerprint density at radius 3 is 2.60 bits per heavy atom. The quantitative estimate of drug-likeness (QED) is 0.784. The fourth-order valence-corrected chi connectivity index (χ4v) is 1.53. The molecule has 20 heavy (non-hydrogen) atoms. The third-order valence-corrected chi connectivity index (χ3v) is 3.24. The van der Waals surface area contributed by atoms with Crippen molar-refractivity contribution in [3.8, 4) is 11.5 Å². The molecule has 5 heteroatoms.